The SMILES string of the molecule is CC1(C)CC(=O)OC1CC(=O)c1ccc(F)cc1. The average molecular weight is 250 g/mol. The van der Waals surface area contributed by atoms with Crippen molar-refractivity contribution in [3.63, 3.8) is 0 Å². The van der Waals surface area contributed by atoms with Crippen molar-refractivity contribution in [2.75, 3.05) is 0 Å². The highest BCUT2D eigenvalue weighted by molar-refractivity contribution is 5.96. The minimum atomic E-state index is -0.400. The number of esters is 1. The van der Waals surface area contributed by atoms with Crippen molar-refractivity contribution in [2.45, 2.75) is 32.8 Å². The van der Waals surface area contributed by atoms with Crippen molar-refractivity contribution in [2.24, 2.45) is 5.41 Å². The molecule has 0 N–H and O–H groups in total. The Morgan fingerprint density at radius 3 is 2.50 bits per heavy atom. The number of benzene rings is 1. The molecule has 96 valence electrons. The van der Waals surface area contributed by atoms with Crippen LogP contribution in [0.1, 0.15) is 37.0 Å². The second-order valence-electron chi connectivity index (χ2n) is 5.28. The van der Waals surface area contributed by atoms with E-state index in [2.05, 4.69) is 0 Å². The number of cyclic esters (lactones) is 1. The highest BCUT2D eigenvalue weighted by Crippen LogP contribution is 2.37. The van der Waals surface area contributed by atoms with Gasteiger partial charge in [-0.15, -0.1) is 0 Å². The van der Waals surface area contributed by atoms with E-state index in [1.54, 1.807) is 0 Å². The van der Waals surface area contributed by atoms with Crippen molar-refractivity contribution in [3.05, 3.63) is 35.6 Å². The summed E-state index contributed by atoms with van der Waals surface area (Å²) < 4.78 is 17.9. The number of ketones is 1. The van der Waals surface area contributed by atoms with E-state index < -0.39 is 6.10 Å². The van der Waals surface area contributed by atoms with Crippen LogP contribution in [0.15, 0.2) is 24.3 Å². The first-order valence-electron chi connectivity index (χ1n) is 5.87. The molecule has 18 heavy (non-hydrogen) atoms. The number of halogens is 1. The molecule has 0 radical (unpaired) electrons. The lowest BCUT2D eigenvalue weighted by Crippen LogP contribution is -2.27. The molecule has 1 heterocycles. The highest BCUT2D eigenvalue weighted by Gasteiger charge is 2.42. The minimum Gasteiger partial charge on any atom is -0.461 e. The molecule has 1 aliphatic rings. The fraction of sp³-hybridized carbons (Fsp3) is 0.429. The van der Waals surface area contributed by atoms with E-state index in [0.29, 0.717) is 12.0 Å². The summed E-state index contributed by atoms with van der Waals surface area (Å²) in [4.78, 5) is 23.2. The number of carbonyl (C=O) groups excluding carboxylic acids is 2. The Kier molecular flexibility index (Phi) is 3.20. The van der Waals surface area contributed by atoms with Gasteiger partial charge in [-0.05, 0) is 24.3 Å². The molecule has 0 saturated carbocycles. The van der Waals surface area contributed by atoms with Gasteiger partial charge < -0.3 is 4.74 Å². The topological polar surface area (TPSA) is 43.4 Å². The molecule has 1 aromatic rings. The van der Waals surface area contributed by atoms with E-state index in [1.807, 2.05) is 13.8 Å². The third-order valence-corrected chi connectivity index (χ3v) is 3.28. The average Bonchev–Trinajstić information content (AvgIpc) is 2.52. The molecule has 3 nitrogen and oxygen atoms in total. The number of ether oxygens (including phenoxy) is 1. The molecule has 0 amide bonds. The molecular weight excluding hydrogens is 235 g/mol. The summed E-state index contributed by atoms with van der Waals surface area (Å²) in [5, 5.41) is 0. The molecule has 0 spiro atoms. The summed E-state index contributed by atoms with van der Waals surface area (Å²) in [5.74, 6) is -0.779. The third kappa shape index (κ3) is 2.58. The number of Topliss-reactive ketones (excluding diaryl/α,β-unsaturated/α-hetero) is 1. The van der Waals surface area contributed by atoms with Crippen LogP contribution in [0.5, 0.6) is 0 Å². The molecule has 1 fully saturated rings. The first kappa shape index (κ1) is 12.7. The summed E-state index contributed by atoms with van der Waals surface area (Å²) in [7, 11) is 0. The van der Waals surface area contributed by atoms with Crippen LogP contribution in [-0.4, -0.2) is 17.9 Å². The smallest absolute Gasteiger partial charge is 0.306 e. The summed E-state index contributed by atoms with van der Waals surface area (Å²) in [6.45, 7) is 3.81. The zero-order valence-corrected chi connectivity index (χ0v) is 10.4. The first-order chi connectivity index (χ1) is 8.38. The molecule has 1 aromatic carbocycles. The fourth-order valence-electron chi connectivity index (χ4n) is 2.09. The predicted molar refractivity (Wildman–Crippen MR) is 63.6 cm³/mol. The Morgan fingerprint density at radius 2 is 2.00 bits per heavy atom. The lowest BCUT2D eigenvalue weighted by molar-refractivity contribution is -0.141. The monoisotopic (exact) mass is 250 g/mol. The van der Waals surface area contributed by atoms with Crippen LogP contribution >= 0.6 is 0 Å². The second-order valence-corrected chi connectivity index (χ2v) is 5.28. The van der Waals surface area contributed by atoms with Gasteiger partial charge in [0.25, 0.3) is 0 Å². The Hall–Kier alpha value is -1.71. The Morgan fingerprint density at radius 1 is 1.39 bits per heavy atom. The standard InChI is InChI=1S/C14H15FO3/c1-14(2)8-13(17)18-12(14)7-11(16)9-3-5-10(15)6-4-9/h3-6,12H,7-8H2,1-2H3. The molecule has 0 aromatic heterocycles. The van der Waals surface area contributed by atoms with Gasteiger partial charge in [-0.2, -0.15) is 0 Å². The molecule has 0 bridgehead atoms. The van der Waals surface area contributed by atoms with E-state index in [-0.39, 0.29) is 29.4 Å². The van der Waals surface area contributed by atoms with Crippen molar-refractivity contribution in [3.8, 4) is 0 Å². The van der Waals surface area contributed by atoms with E-state index in [4.69, 9.17) is 4.74 Å². The van der Waals surface area contributed by atoms with E-state index in [9.17, 15) is 14.0 Å². The van der Waals surface area contributed by atoms with Crippen LogP contribution in [0.4, 0.5) is 4.39 Å². The fourth-order valence-corrected chi connectivity index (χ4v) is 2.09. The van der Waals surface area contributed by atoms with Crippen LogP contribution in [0.25, 0.3) is 0 Å². The Bertz CT molecular complexity index is 476. The van der Waals surface area contributed by atoms with Crippen LogP contribution in [0.3, 0.4) is 0 Å². The summed E-state index contributed by atoms with van der Waals surface area (Å²) in [6.07, 6.45) is 0.0706. The first-order valence-corrected chi connectivity index (χ1v) is 5.87. The maximum absolute atomic E-state index is 12.7. The van der Waals surface area contributed by atoms with Gasteiger partial charge in [0.05, 0.1) is 6.42 Å². The van der Waals surface area contributed by atoms with Gasteiger partial charge in [0, 0.05) is 17.4 Å². The number of rotatable bonds is 3. The predicted octanol–water partition coefficient (Wildman–Crippen LogP) is 2.74. The second kappa shape index (κ2) is 4.52. The number of carbonyl (C=O) groups is 2. The molecular formula is C14H15FO3. The zero-order valence-electron chi connectivity index (χ0n) is 10.4. The summed E-state index contributed by atoms with van der Waals surface area (Å²) >= 11 is 0. The van der Waals surface area contributed by atoms with Gasteiger partial charge in [0.2, 0.25) is 0 Å². The molecule has 4 heteroatoms. The van der Waals surface area contributed by atoms with Crippen LogP contribution < -0.4 is 0 Å². The van der Waals surface area contributed by atoms with Crippen molar-refractivity contribution < 1.29 is 18.7 Å². The van der Waals surface area contributed by atoms with Crippen LogP contribution in [0, 0.1) is 11.2 Å². The summed E-state index contributed by atoms with van der Waals surface area (Å²) in [6, 6.07) is 5.39. The van der Waals surface area contributed by atoms with Gasteiger partial charge in [-0.3, -0.25) is 9.59 Å². The molecule has 1 unspecified atom stereocenters. The van der Waals surface area contributed by atoms with Gasteiger partial charge >= 0.3 is 5.97 Å². The third-order valence-electron chi connectivity index (χ3n) is 3.28. The highest BCUT2D eigenvalue weighted by atomic mass is 19.1. The zero-order chi connectivity index (χ0) is 13.3. The minimum absolute atomic E-state index is 0.136. The lowest BCUT2D eigenvalue weighted by atomic mass is 9.82. The van der Waals surface area contributed by atoms with E-state index in [0.717, 1.165) is 0 Å². The molecule has 1 saturated heterocycles. The van der Waals surface area contributed by atoms with E-state index in [1.165, 1.54) is 24.3 Å². The van der Waals surface area contributed by atoms with Gasteiger partial charge in [-0.1, -0.05) is 13.8 Å². The van der Waals surface area contributed by atoms with Crippen LogP contribution in [-0.2, 0) is 9.53 Å². The van der Waals surface area contributed by atoms with Crippen molar-refractivity contribution >= 4 is 11.8 Å². The lowest BCUT2D eigenvalue weighted by Gasteiger charge is -2.22. The van der Waals surface area contributed by atoms with Crippen molar-refractivity contribution in [1.82, 2.24) is 0 Å². The maximum Gasteiger partial charge on any atom is 0.306 e. The maximum atomic E-state index is 12.7. The molecule has 1 atom stereocenters. The van der Waals surface area contributed by atoms with Gasteiger partial charge in [0.1, 0.15) is 11.9 Å². The van der Waals surface area contributed by atoms with Crippen LogP contribution in [0.2, 0.25) is 0 Å². The number of hydrogen-bond acceptors (Lipinski definition) is 3. The summed E-state index contributed by atoms with van der Waals surface area (Å²) in [5.41, 5.74) is 0.113. The number of hydrogen-bond donors (Lipinski definition) is 0. The van der Waals surface area contributed by atoms with Gasteiger partial charge in [0.15, 0.2) is 5.78 Å². The molecule has 0 aliphatic carbocycles. The van der Waals surface area contributed by atoms with E-state index >= 15 is 0 Å². The normalized spacial score (nSPS) is 21.7. The molecule has 1 aliphatic heterocycles. The van der Waals surface area contributed by atoms with Crippen molar-refractivity contribution in [1.29, 1.82) is 0 Å². The Labute approximate surface area is 105 Å². The molecule has 2 rings (SSSR count). The Balaban J connectivity index is 2.08. The quantitative estimate of drug-likeness (QED) is 0.612. The van der Waals surface area contributed by atoms with Gasteiger partial charge in [-0.25, -0.2) is 4.39 Å². The largest absolute Gasteiger partial charge is 0.461 e.